The molecule has 1 aromatic carbocycles. The van der Waals surface area contributed by atoms with E-state index in [4.69, 9.17) is 15.2 Å². The quantitative estimate of drug-likeness (QED) is 0.309. The number of para-hydroxylation sites is 1. The van der Waals surface area contributed by atoms with Crippen LogP contribution < -0.4 is 15.9 Å². The van der Waals surface area contributed by atoms with E-state index >= 15 is 0 Å². The highest BCUT2D eigenvalue weighted by molar-refractivity contribution is 5.88. The van der Waals surface area contributed by atoms with E-state index in [1.807, 2.05) is 32.0 Å². The summed E-state index contributed by atoms with van der Waals surface area (Å²) in [5.74, 6) is 1.85. The summed E-state index contributed by atoms with van der Waals surface area (Å²) in [5, 5.41) is 2.24. The van der Waals surface area contributed by atoms with Gasteiger partial charge in [-0.05, 0) is 62.8 Å². The van der Waals surface area contributed by atoms with Crippen LogP contribution in [0.5, 0.6) is 5.75 Å². The predicted octanol–water partition coefficient (Wildman–Crippen LogP) is 4.27. The minimum absolute atomic E-state index is 0.0686. The number of nitrogens with two attached hydrogens (primary N) is 1. The monoisotopic (exact) mass is 527 g/mol. The molecule has 210 valence electrons. The second-order valence-corrected chi connectivity index (χ2v) is 11.3. The standard InChI is InChI=1S/C29H45N5O4/c1-21(2)20-38-27(36)19-33-18-23-11-8-14-25(28(23)31-29(33)30)37-17-7-3-4-15-26(35)32-34-16-9-12-22-10-5-6-13-24(22)34/h8,11,14,21-22,24H,3-7,9-10,12-13,15-20H2,1-2H3,(H2,30,31)(H,32,35). The van der Waals surface area contributed by atoms with Crippen LogP contribution in [0.25, 0.3) is 0 Å². The number of nitrogens with one attached hydrogen (secondary N) is 1. The van der Waals surface area contributed by atoms with Gasteiger partial charge in [-0.15, -0.1) is 0 Å². The smallest absolute Gasteiger partial charge is 0.325 e. The SMILES string of the molecule is CC(C)COC(=O)CN1Cc2cccc(OCCCCCC(=O)NN3CCCC4CCCCC43)c2N=C1N. The molecule has 2 heterocycles. The first-order chi connectivity index (χ1) is 18.4. The fourth-order valence-electron chi connectivity index (χ4n) is 5.73. The molecule has 0 spiro atoms. The zero-order valence-electron chi connectivity index (χ0n) is 23.1. The number of unbranched alkanes of at least 4 members (excludes halogenated alkanes) is 2. The number of nitrogens with zero attached hydrogens (tertiary/aromatic N) is 3. The molecule has 4 rings (SSSR count). The lowest BCUT2D eigenvalue weighted by Gasteiger charge is -2.43. The van der Waals surface area contributed by atoms with Crippen molar-refractivity contribution in [3.63, 3.8) is 0 Å². The average Bonchev–Trinajstić information content (AvgIpc) is 2.90. The third-order valence-corrected chi connectivity index (χ3v) is 7.71. The van der Waals surface area contributed by atoms with Crippen LogP contribution in [-0.4, -0.2) is 60.1 Å². The van der Waals surface area contributed by atoms with E-state index in [0.717, 1.165) is 43.0 Å². The summed E-state index contributed by atoms with van der Waals surface area (Å²) in [5.41, 5.74) is 11.1. The second kappa shape index (κ2) is 13.8. The first-order valence-electron chi connectivity index (χ1n) is 14.5. The molecule has 1 aromatic rings. The van der Waals surface area contributed by atoms with Crippen LogP contribution in [0.15, 0.2) is 23.2 Å². The number of rotatable bonds is 12. The van der Waals surface area contributed by atoms with Crippen molar-refractivity contribution >= 4 is 23.5 Å². The minimum atomic E-state index is -0.310. The number of aliphatic imine (C=N–C) groups is 1. The zero-order chi connectivity index (χ0) is 26.9. The number of hydrazine groups is 1. The summed E-state index contributed by atoms with van der Waals surface area (Å²) in [7, 11) is 0. The van der Waals surface area contributed by atoms with Gasteiger partial charge in [0.05, 0.1) is 13.2 Å². The van der Waals surface area contributed by atoms with Crippen molar-refractivity contribution in [2.45, 2.75) is 90.6 Å². The van der Waals surface area contributed by atoms with Crippen LogP contribution in [0.4, 0.5) is 5.69 Å². The van der Waals surface area contributed by atoms with Crippen molar-refractivity contribution in [2.24, 2.45) is 22.6 Å². The third-order valence-electron chi connectivity index (χ3n) is 7.71. The Labute approximate surface area is 227 Å². The van der Waals surface area contributed by atoms with Crippen LogP contribution in [-0.2, 0) is 20.9 Å². The van der Waals surface area contributed by atoms with Gasteiger partial charge in [-0.25, -0.2) is 10.0 Å². The van der Waals surface area contributed by atoms with Crippen LogP contribution in [0, 0.1) is 11.8 Å². The summed E-state index contributed by atoms with van der Waals surface area (Å²) in [4.78, 5) is 30.9. The van der Waals surface area contributed by atoms with Crippen molar-refractivity contribution in [1.82, 2.24) is 15.3 Å². The molecule has 9 heteroatoms. The van der Waals surface area contributed by atoms with Crippen LogP contribution in [0.2, 0.25) is 0 Å². The molecule has 0 aromatic heterocycles. The van der Waals surface area contributed by atoms with Gasteiger partial charge in [0.25, 0.3) is 0 Å². The lowest BCUT2D eigenvalue weighted by molar-refractivity contribution is -0.145. The number of benzene rings is 1. The van der Waals surface area contributed by atoms with Crippen LogP contribution >= 0.6 is 0 Å². The number of hydrogen-bond acceptors (Lipinski definition) is 8. The van der Waals surface area contributed by atoms with Gasteiger partial charge in [-0.3, -0.25) is 15.0 Å². The molecule has 2 fully saturated rings. The molecule has 1 saturated heterocycles. The molecule has 0 radical (unpaired) electrons. The number of hydrogen-bond donors (Lipinski definition) is 2. The maximum Gasteiger partial charge on any atom is 0.325 e. The molecule has 9 nitrogen and oxygen atoms in total. The molecule has 3 N–H and O–H groups in total. The number of ether oxygens (including phenoxy) is 2. The fraction of sp³-hybridized carbons (Fsp3) is 0.690. The van der Waals surface area contributed by atoms with Crippen molar-refractivity contribution in [3.8, 4) is 5.75 Å². The van der Waals surface area contributed by atoms with E-state index in [-0.39, 0.29) is 30.3 Å². The van der Waals surface area contributed by atoms with E-state index in [1.54, 1.807) is 4.90 Å². The number of fused-ring (bicyclic) bond motifs is 2. The molecule has 2 aliphatic heterocycles. The van der Waals surface area contributed by atoms with Crippen molar-refractivity contribution in [1.29, 1.82) is 0 Å². The van der Waals surface area contributed by atoms with Gasteiger partial charge in [0, 0.05) is 31.1 Å². The summed E-state index contributed by atoms with van der Waals surface area (Å²) < 4.78 is 11.3. The van der Waals surface area contributed by atoms with Gasteiger partial charge < -0.3 is 20.1 Å². The number of carbonyl (C=O) groups excluding carboxylic acids is 2. The number of piperidine rings is 1. The molecular formula is C29H45N5O4. The Morgan fingerprint density at radius 1 is 1.13 bits per heavy atom. The number of amides is 1. The number of guanidine groups is 1. The van der Waals surface area contributed by atoms with Gasteiger partial charge in [0.15, 0.2) is 5.96 Å². The van der Waals surface area contributed by atoms with Gasteiger partial charge in [0.2, 0.25) is 5.91 Å². The predicted molar refractivity (Wildman–Crippen MR) is 148 cm³/mol. The normalized spacial score (nSPS) is 21.3. The largest absolute Gasteiger partial charge is 0.491 e. The lowest BCUT2D eigenvalue weighted by Crippen LogP contribution is -2.55. The Kier molecular flexibility index (Phi) is 10.3. The van der Waals surface area contributed by atoms with Gasteiger partial charge >= 0.3 is 5.97 Å². The molecule has 1 amide bonds. The average molecular weight is 528 g/mol. The Morgan fingerprint density at radius 2 is 1.95 bits per heavy atom. The molecule has 3 aliphatic rings. The van der Waals surface area contributed by atoms with E-state index in [1.165, 1.54) is 38.5 Å². The first kappa shape index (κ1) is 28.2. The van der Waals surface area contributed by atoms with E-state index < -0.39 is 0 Å². The zero-order valence-corrected chi connectivity index (χ0v) is 23.1. The highest BCUT2D eigenvalue weighted by Crippen LogP contribution is 2.36. The van der Waals surface area contributed by atoms with Crippen molar-refractivity contribution in [3.05, 3.63) is 23.8 Å². The van der Waals surface area contributed by atoms with Crippen molar-refractivity contribution in [2.75, 3.05) is 26.3 Å². The maximum atomic E-state index is 12.5. The molecule has 0 bridgehead atoms. The molecule has 38 heavy (non-hydrogen) atoms. The maximum absolute atomic E-state index is 12.5. The second-order valence-electron chi connectivity index (χ2n) is 11.3. The molecule has 1 aliphatic carbocycles. The Bertz CT molecular complexity index is 980. The number of esters is 1. The van der Waals surface area contributed by atoms with E-state index in [0.29, 0.717) is 38.0 Å². The summed E-state index contributed by atoms with van der Waals surface area (Å²) >= 11 is 0. The van der Waals surface area contributed by atoms with Gasteiger partial charge in [0.1, 0.15) is 18.0 Å². The third kappa shape index (κ3) is 7.85. The molecular weight excluding hydrogens is 482 g/mol. The lowest BCUT2D eigenvalue weighted by atomic mass is 9.79. The Morgan fingerprint density at radius 3 is 2.79 bits per heavy atom. The topological polar surface area (TPSA) is 109 Å². The molecule has 1 saturated carbocycles. The van der Waals surface area contributed by atoms with E-state index in [2.05, 4.69) is 15.4 Å². The van der Waals surface area contributed by atoms with Crippen molar-refractivity contribution < 1.29 is 19.1 Å². The molecule has 2 unspecified atom stereocenters. The summed E-state index contributed by atoms with van der Waals surface area (Å²) in [6.07, 6.45) is 10.8. The first-order valence-corrected chi connectivity index (χ1v) is 14.5. The van der Waals surface area contributed by atoms with Crippen LogP contribution in [0.1, 0.15) is 83.6 Å². The Balaban J connectivity index is 1.16. The Hall–Kier alpha value is -2.81. The van der Waals surface area contributed by atoms with E-state index in [9.17, 15) is 9.59 Å². The van der Waals surface area contributed by atoms with Gasteiger partial charge in [-0.1, -0.05) is 38.8 Å². The van der Waals surface area contributed by atoms with Crippen LogP contribution in [0.3, 0.4) is 0 Å². The highest BCUT2D eigenvalue weighted by Gasteiger charge is 2.33. The minimum Gasteiger partial charge on any atom is -0.491 e. The molecule has 2 atom stereocenters. The number of carbonyl (C=O) groups is 2. The summed E-state index contributed by atoms with van der Waals surface area (Å²) in [6.45, 7) is 6.47. The van der Waals surface area contributed by atoms with Gasteiger partial charge in [-0.2, -0.15) is 0 Å². The summed E-state index contributed by atoms with van der Waals surface area (Å²) in [6, 6.07) is 6.34. The fourth-order valence-corrected chi connectivity index (χ4v) is 5.73. The highest BCUT2D eigenvalue weighted by atomic mass is 16.5.